The third-order valence-corrected chi connectivity index (χ3v) is 1.15. The highest BCUT2D eigenvalue weighted by atomic mass is 14.5. The molecule has 1 radical (unpaired) electrons. The van der Waals surface area contributed by atoms with Gasteiger partial charge in [-0.1, -0.05) is 20.3 Å². The maximum absolute atomic E-state index is 5.28. The second-order valence-corrected chi connectivity index (χ2v) is 1.97. The molecule has 0 aromatic rings. The third-order valence-electron chi connectivity index (χ3n) is 1.15. The van der Waals surface area contributed by atoms with Crippen LogP contribution in [0.1, 0.15) is 19.8 Å². The zero-order valence-corrected chi connectivity index (χ0v) is 4.98. The summed E-state index contributed by atoms with van der Waals surface area (Å²) in [6.07, 6.45) is 2.13. The number of rotatable bonds is 3. The minimum absolute atomic E-state index is 0.713. The fourth-order valence-electron chi connectivity index (χ4n) is 0.429. The average molecular weight is 100 g/mol. The van der Waals surface area contributed by atoms with Crippen molar-refractivity contribution in [1.29, 1.82) is 0 Å². The molecule has 0 aromatic carbocycles. The molecule has 1 atom stereocenters. The lowest BCUT2D eigenvalue weighted by atomic mass is 10.1. The molecule has 0 saturated carbocycles. The number of hydrogen-bond acceptors (Lipinski definition) is 1. The van der Waals surface area contributed by atoms with E-state index in [-0.39, 0.29) is 0 Å². The lowest BCUT2D eigenvalue weighted by Crippen LogP contribution is -2.04. The van der Waals surface area contributed by atoms with Gasteiger partial charge in [0.15, 0.2) is 0 Å². The molecule has 0 fully saturated rings. The van der Waals surface area contributed by atoms with Gasteiger partial charge in [-0.25, -0.2) is 0 Å². The molecule has 1 unspecified atom stereocenters. The van der Waals surface area contributed by atoms with Crippen LogP contribution in [0.4, 0.5) is 0 Å². The van der Waals surface area contributed by atoms with Gasteiger partial charge in [0, 0.05) is 0 Å². The van der Waals surface area contributed by atoms with Gasteiger partial charge in [0.1, 0.15) is 0 Å². The minimum atomic E-state index is 0.713. The van der Waals surface area contributed by atoms with Crippen LogP contribution < -0.4 is 5.73 Å². The first-order valence-electron chi connectivity index (χ1n) is 2.80. The highest BCUT2D eigenvalue weighted by Crippen LogP contribution is 2.02. The van der Waals surface area contributed by atoms with Crippen LogP contribution >= 0.6 is 0 Å². The molecule has 0 saturated heterocycles. The van der Waals surface area contributed by atoms with Crippen molar-refractivity contribution in [3.05, 3.63) is 6.92 Å². The molecule has 0 aliphatic heterocycles. The van der Waals surface area contributed by atoms with Crippen molar-refractivity contribution in [2.45, 2.75) is 19.8 Å². The average Bonchev–Trinajstić information content (AvgIpc) is 1.68. The van der Waals surface area contributed by atoms with Crippen molar-refractivity contribution in [2.24, 2.45) is 11.7 Å². The SMILES string of the molecule is [CH2]CC(C)CCN. The second kappa shape index (κ2) is 4.13. The van der Waals surface area contributed by atoms with E-state index in [1.165, 1.54) is 0 Å². The van der Waals surface area contributed by atoms with Crippen molar-refractivity contribution < 1.29 is 0 Å². The summed E-state index contributed by atoms with van der Waals surface area (Å²) >= 11 is 0. The summed E-state index contributed by atoms with van der Waals surface area (Å²) in [5.41, 5.74) is 5.28. The Morgan fingerprint density at radius 1 is 1.71 bits per heavy atom. The molecule has 0 heterocycles. The Morgan fingerprint density at radius 2 is 2.29 bits per heavy atom. The van der Waals surface area contributed by atoms with E-state index in [4.69, 9.17) is 5.73 Å². The van der Waals surface area contributed by atoms with Gasteiger partial charge in [0.25, 0.3) is 0 Å². The summed E-state index contributed by atoms with van der Waals surface area (Å²) < 4.78 is 0. The second-order valence-electron chi connectivity index (χ2n) is 1.97. The number of hydrogen-bond donors (Lipinski definition) is 1. The van der Waals surface area contributed by atoms with E-state index in [2.05, 4.69) is 13.8 Å². The van der Waals surface area contributed by atoms with E-state index >= 15 is 0 Å². The van der Waals surface area contributed by atoms with Crippen molar-refractivity contribution in [2.75, 3.05) is 6.54 Å². The predicted octanol–water partition coefficient (Wildman–Crippen LogP) is 1.20. The van der Waals surface area contributed by atoms with Gasteiger partial charge in [0.05, 0.1) is 0 Å². The van der Waals surface area contributed by atoms with E-state index in [1.54, 1.807) is 0 Å². The monoisotopic (exact) mass is 100 g/mol. The zero-order valence-electron chi connectivity index (χ0n) is 4.98. The Morgan fingerprint density at radius 3 is 2.43 bits per heavy atom. The highest BCUT2D eigenvalue weighted by Gasteiger charge is 1.92. The molecule has 0 aliphatic rings. The molecular formula is C6H14N. The highest BCUT2D eigenvalue weighted by molar-refractivity contribution is 4.53. The van der Waals surface area contributed by atoms with Crippen LogP contribution in [0.25, 0.3) is 0 Å². The molecule has 0 bridgehead atoms. The van der Waals surface area contributed by atoms with E-state index in [9.17, 15) is 0 Å². The molecule has 1 heteroatoms. The van der Waals surface area contributed by atoms with Crippen LogP contribution in [-0.4, -0.2) is 6.54 Å². The lowest BCUT2D eigenvalue weighted by Gasteiger charge is -2.02. The summed E-state index contributed by atoms with van der Waals surface area (Å²) in [6.45, 7) is 6.72. The fraction of sp³-hybridized carbons (Fsp3) is 0.833. The van der Waals surface area contributed by atoms with Gasteiger partial charge < -0.3 is 5.73 Å². The van der Waals surface area contributed by atoms with E-state index in [0.29, 0.717) is 5.92 Å². The normalized spacial score (nSPS) is 14.1. The fourth-order valence-corrected chi connectivity index (χ4v) is 0.429. The van der Waals surface area contributed by atoms with Crippen LogP contribution in [0, 0.1) is 12.8 Å². The van der Waals surface area contributed by atoms with Crippen molar-refractivity contribution in [1.82, 2.24) is 0 Å². The largest absolute Gasteiger partial charge is 0.330 e. The summed E-state index contributed by atoms with van der Waals surface area (Å²) in [5, 5.41) is 0. The lowest BCUT2D eigenvalue weighted by molar-refractivity contribution is 0.547. The van der Waals surface area contributed by atoms with Gasteiger partial charge in [-0.05, 0) is 18.9 Å². The maximum atomic E-state index is 5.28. The van der Waals surface area contributed by atoms with Crippen molar-refractivity contribution in [3.8, 4) is 0 Å². The van der Waals surface area contributed by atoms with E-state index in [1.807, 2.05) is 0 Å². The Bertz CT molecular complexity index is 35.2. The molecule has 0 aromatic heterocycles. The van der Waals surface area contributed by atoms with Crippen LogP contribution in [-0.2, 0) is 0 Å². The van der Waals surface area contributed by atoms with Crippen LogP contribution in [0.3, 0.4) is 0 Å². The van der Waals surface area contributed by atoms with Crippen molar-refractivity contribution >= 4 is 0 Å². The Hall–Kier alpha value is -0.0400. The molecular weight excluding hydrogens is 86.1 g/mol. The van der Waals surface area contributed by atoms with Crippen LogP contribution in [0.5, 0.6) is 0 Å². The molecule has 0 aliphatic carbocycles. The van der Waals surface area contributed by atoms with E-state index < -0.39 is 0 Å². The molecule has 43 valence electrons. The van der Waals surface area contributed by atoms with Gasteiger partial charge in [0.2, 0.25) is 0 Å². The predicted molar refractivity (Wildman–Crippen MR) is 32.8 cm³/mol. The Labute approximate surface area is 45.9 Å². The molecule has 0 rings (SSSR count). The molecule has 2 N–H and O–H groups in total. The van der Waals surface area contributed by atoms with Gasteiger partial charge in [-0.2, -0.15) is 0 Å². The summed E-state index contributed by atoms with van der Waals surface area (Å²) in [4.78, 5) is 0. The zero-order chi connectivity index (χ0) is 5.70. The summed E-state index contributed by atoms with van der Waals surface area (Å²) in [5.74, 6) is 0.713. The molecule has 1 nitrogen and oxygen atoms in total. The van der Waals surface area contributed by atoms with Crippen molar-refractivity contribution in [3.63, 3.8) is 0 Å². The number of nitrogens with two attached hydrogens (primary N) is 1. The smallest absolute Gasteiger partial charge is 0.00747 e. The van der Waals surface area contributed by atoms with E-state index in [0.717, 1.165) is 19.4 Å². The molecule has 0 spiro atoms. The maximum Gasteiger partial charge on any atom is -0.00747 e. The van der Waals surface area contributed by atoms with Crippen LogP contribution in [0.15, 0.2) is 0 Å². The first-order valence-corrected chi connectivity index (χ1v) is 2.80. The van der Waals surface area contributed by atoms with Gasteiger partial charge in [-0.3, -0.25) is 0 Å². The Balaban J connectivity index is 2.83. The van der Waals surface area contributed by atoms with Crippen LogP contribution in [0.2, 0.25) is 0 Å². The minimum Gasteiger partial charge on any atom is -0.330 e. The molecule has 0 amide bonds. The topological polar surface area (TPSA) is 26.0 Å². The molecule has 7 heavy (non-hydrogen) atoms. The first kappa shape index (κ1) is 6.96. The first-order chi connectivity index (χ1) is 3.31. The van der Waals surface area contributed by atoms with Gasteiger partial charge >= 0.3 is 0 Å². The van der Waals surface area contributed by atoms with Gasteiger partial charge in [-0.15, -0.1) is 0 Å². The Kier molecular flexibility index (Phi) is 4.10. The third kappa shape index (κ3) is 3.80. The summed E-state index contributed by atoms with van der Waals surface area (Å²) in [6, 6.07) is 0. The standard InChI is InChI=1S/C6H14N/c1-3-6(2)4-5-7/h6H,1,3-5,7H2,2H3. The quantitative estimate of drug-likeness (QED) is 0.566. The summed E-state index contributed by atoms with van der Waals surface area (Å²) in [7, 11) is 0.